The van der Waals surface area contributed by atoms with Gasteiger partial charge in [0.2, 0.25) is 0 Å². The highest BCUT2D eigenvalue weighted by Gasteiger charge is 2.29. The number of nitrogens with zero attached hydrogens (tertiary/aromatic N) is 1. The van der Waals surface area contributed by atoms with Gasteiger partial charge in [-0.1, -0.05) is 35.9 Å². The minimum absolute atomic E-state index is 0.0322. The van der Waals surface area contributed by atoms with Crippen LogP contribution in [-0.2, 0) is 6.54 Å². The molecule has 0 bridgehead atoms. The zero-order chi connectivity index (χ0) is 16.9. The van der Waals surface area contributed by atoms with Crippen molar-refractivity contribution in [2.45, 2.75) is 25.4 Å². The highest BCUT2D eigenvalue weighted by Crippen LogP contribution is 2.32. The lowest BCUT2D eigenvalue weighted by Gasteiger charge is -2.25. The van der Waals surface area contributed by atoms with E-state index in [1.165, 1.54) is 0 Å². The van der Waals surface area contributed by atoms with E-state index in [9.17, 15) is 4.79 Å². The van der Waals surface area contributed by atoms with Crippen LogP contribution < -0.4 is 10.1 Å². The first-order valence-corrected chi connectivity index (χ1v) is 8.48. The molecule has 3 rings (SSSR count). The molecule has 2 amide bonds. The Balaban J connectivity index is 1.64. The number of hydrogen-bond donors (Lipinski definition) is 1. The Hall–Kier alpha value is -2.20. The molecule has 1 aliphatic rings. The van der Waals surface area contributed by atoms with Crippen molar-refractivity contribution in [2.75, 3.05) is 13.7 Å². The fraction of sp³-hybridized carbons (Fsp3) is 0.316. The van der Waals surface area contributed by atoms with E-state index >= 15 is 0 Å². The summed E-state index contributed by atoms with van der Waals surface area (Å²) in [5.41, 5.74) is 2.15. The van der Waals surface area contributed by atoms with Crippen LogP contribution in [0, 0.1) is 0 Å². The summed E-state index contributed by atoms with van der Waals surface area (Å²) in [5.74, 6) is 0.793. The summed E-state index contributed by atoms with van der Waals surface area (Å²) >= 11 is 5.96. The van der Waals surface area contributed by atoms with Crippen LogP contribution in [0.1, 0.15) is 30.0 Å². The molecule has 126 valence electrons. The Kier molecular flexibility index (Phi) is 5.26. The largest absolute Gasteiger partial charge is 0.497 e. The number of rotatable bonds is 4. The Labute approximate surface area is 147 Å². The van der Waals surface area contributed by atoms with Gasteiger partial charge in [-0.3, -0.25) is 0 Å². The number of likely N-dealkylation sites (tertiary alicyclic amines) is 1. The van der Waals surface area contributed by atoms with Crippen LogP contribution in [0.5, 0.6) is 5.75 Å². The van der Waals surface area contributed by atoms with E-state index in [-0.39, 0.29) is 12.1 Å². The summed E-state index contributed by atoms with van der Waals surface area (Å²) in [6.45, 7) is 1.26. The van der Waals surface area contributed by atoms with Crippen molar-refractivity contribution >= 4 is 17.6 Å². The minimum Gasteiger partial charge on any atom is -0.497 e. The van der Waals surface area contributed by atoms with Gasteiger partial charge in [-0.05, 0) is 48.2 Å². The molecular formula is C19H21ClN2O2. The van der Waals surface area contributed by atoms with Gasteiger partial charge >= 0.3 is 6.03 Å². The van der Waals surface area contributed by atoms with Gasteiger partial charge in [-0.2, -0.15) is 0 Å². The summed E-state index contributed by atoms with van der Waals surface area (Å²) in [6.07, 6.45) is 1.99. The van der Waals surface area contributed by atoms with Crippen molar-refractivity contribution in [3.8, 4) is 5.75 Å². The third-order valence-corrected chi connectivity index (χ3v) is 4.60. The van der Waals surface area contributed by atoms with Crippen LogP contribution >= 0.6 is 11.6 Å². The maximum Gasteiger partial charge on any atom is 0.318 e. The number of nitrogens with one attached hydrogen (secondary N) is 1. The topological polar surface area (TPSA) is 41.6 Å². The lowest BCUT2D eigenvalue weighted by atomic mass is 10.1. The fourth-order valence-corrected chi connectivity index (χ4v) is 3.23. The number of hydrogen-bond acceptors (Lipinski definition) is 2. The molecule has 1 fully saturated rings. The average Bonchev–Trinajstić information content (AvgIpc) is 3.10. The molecule has 1 saturated heterocycles. The molecule has 1 aliphatic heterocycles. The summed E-state index contributed by atoms with van der Waals surface area (Å²) in [5, 5.41) is 3.72. The number of amides is 2. The van der Waals surface area contributed by atoms with E-state index in [1.807, 2.05) is 53.4 Å². The van der Waals surface area contributed by atoms with Gasteiger partial charge in [0.25, 0.3) is 0 Å². The number of carbonyl (C=O) groups is 1. The van der Waals surface area contributed by atoms with Gasteiger partial charge in [-0.15, -0.1) is 0 Å². The molecule has 0 aliphatic carbocycles. The molecule has 1 atom stereocenters. The van der Waals surface area contributed by atoms with Gasteiger partial charge in [0.05, 0.1) is 13.2 Å². The summed E-state index contributed by atoms with van der Waals surface area (Å²) in [7, 11) is 1.64. The van der Waals surface area contributed by atoms with Crippen molar-refractivity contribution in [2.24, 2.45) is 0 Å². The van der Waals surface area contributed by atoms with Gasteiger partial charge < -0.3 is 15.0 Å². The van der Waals surface area contributed by atoms with Gasteiger partial charge in [-0.25, -0.2) is 4.79 Å². The second kappa shape index (κ2) is 7.58. The highest BCUT2D eigenvalue weighted by molar-refractivity contribution is 6.30. The van der Waals surface area contributed by atoms with Gasteiger partial charge in [0.1, 0.15) is 5.75 Å². The molecule has 4 nitrogen and oxygen atoms in total. The normalized spacial score (nSPS) is 16.9. The van der Waals surface area contributed by atoms with Gasteiger partial charge in [0, 0.05) is 18.1 Å². The van der Waals surface area contributed by atoms with Crippen molar-refractivity contribution < 1.29 is 9.53 Å². The number of halogens is 1. The Morgan fingerprint density at radius 3 is 2.83 bits per heavy atom. The van der Waals surface area contributed by atoms with Crippen LogP contribution in [0.15, 0.2) is 48.5 Å². The first-order chi connectivity index (χ1) is 11.7. The number of methoxy groups -OCH3 is 1. The van der Waals surface area contributed by atoms with Crippen LogP contribution in [0.3, 0.4) is 0 Å². The summed E-state index contributed by atoms with van der Waals surface area (Å²) in [6, 6.07) is 15.6. The molecule has 0 saturated carbocycles. The zero-order valence-corrected chi connectivity index (χ0v) is 14.4. The predicted molar refractivity (Wildman–Crippen MR) is 95.4 cm³/mol. The van der Waals surface area contributed by atoms with E-state index in [0.29, 0.717) is 11.6 Å². The minimum atomic E-state index is -0.0322. The van der Waals surface area contributed by atoms with E-state index < -0.39 is 0 Å². The number of carbonyl (C=O) groups excluding carboxylic acids is 1. The summed E-state index contributed by atoms with van der Waals surface area (Å²) in [4.78, 5) is 14.5. The lowest BCUT2D eigenvalue weighted by molar-refractivity contribution is 0.192. The standard InChI is InChI=1S/C19H21ClN2O2/c1-24-17-5-2-4-14(12-17)13-21-19(23)22-11-3-6-18(22)15-7-9-16(20)10-8-15/h2,4-5,7-10,12,18H,3,6,11,13H2,1H3,(H,21,23)/t18-/m1/s1. The summed E-state index contributed by atoms with van der Waals surface area (Å²) < 4.78 is 5.21. The Morgan fingerprint density at radius 2 is 2.08 bits per heavy atom. The molecule has 0 aromatic heterocycles. The number of benzene rings is 2. The zero-order valence-electron chi connectivity index (χ0n) is 13.7. The first kappa shape index (κ1) is 16.7. The van der Waals surface area contributed by atoms with Crippen LogP contribution in [0.4, 0.5) is 4.79 Å². The van der Waals surface area contributed by atoms with E-state index in [0.717, 1.165) is 36.3 Å². The SMILES string of the molecule is COc1cccc(CNC(=O)N2CCC[C@@H]2c2ccc(Cl)cc2)c1. The molecule has 1 heterocycles. The quantitative estimate of drug-likeness (QED) is 0.893. The second-order valence-electron chi connectivity index (χ2n) is 5.91. The molecule has 24 heavy (non-hydrogen) atoms. The molecule has 0 unspecified atom stereocenters. The Bertz CT molecular complexity index is 703. The van der Waals surface area contributed by atoms with Gasteiger partial charge in [0.15, 0.2) is 0 Å². The van der Waals surface area contributed by atoms with E-state index in [4.69, 9.17) is 16.3 Å². The second-order valence-corrected chi connectivity index (χ2v) is 6.35. The molecule has 1 N–H and O–H groups in total. The van der Waals surface area contributed by atoms with Crippen LogP contribution in [0.2, 0.25) is 5.02 Å². The monoisotopic (exact) mass is 344 g/mol. The number of ether oxygens (including phenoxy) is 1. The molecule has 5 heteroatoms. The predicted octanol–water partition coefficient (Wildman–Crippen LogP) is 4.40. The van der Waals surface area contributed by atoms with Crippen LogP contribution in [-0.4, -0.2) is 24.6 Å². The number of urea groups is 1. The van der Waals surface area contributed by atoms with Crippen molar-refractivity contribution in [3.05, 3.63) is 64.7 Å². The van der Waals surface area contributed by atoms with Crippen molar-refractivity contribution in [1.82, 2.24) is 10.2 Å². The fourth-order valence-electron chi connectivity index (χ4n) is 3.10. The molecule has 2 aromatic rings. The van der Waals surface area contributed by atoms with Crippen molar-refractivity contribution in [1.29, 1.82) is 0 Å². The smallest absolute Gasteiger partial charge is 0.318 e. The third-order valence-electron chi connectivity index (χ3n) is 4.35. The lowest BCUT2D eigenvalue weighted by Crippen LogP contribution is -2.39. The third kappa shape index (κ3) is 3.82. The van der Waals surface area contributed by atoms with Crippen molar-refractivity contribution in [3.63, 3.8) is 0 Å². The highest BCUT2D eigenvalue weighted by atomic mass is 35.5. The van der Waals surface area contributed by atoms with Crippen LogP contribution in [0.25, 0.3) is 0 Å². The molecule has 0 radical (unpaired) electrons. The Morgan fingerprint density at radius 1 is 1.29 bits per heavy atom. The molecule has 0 spiro atoms. The van der Waals surface area contributed by atoms with E-state index in [1.54, 1.807) is 7.11 Å². The maximum absolute atomic E-state index is 12.6. The first-order valence-electron chi connectivity index (χ1n) is 8.10. The van der Waals surface area contributed by atoms with E-state index in [2.05, 4.69) is 5.32 Å². The molecular weight excluding hydrogens is 324 g/mol. The molecule has 2 aromatic carbocycles. The maximum atomic E-state index is 12.6. The average molecular weight is 345 g/mol.